The van der Waals surface area contributed by atoms with Crippen molar-refractivity contribution >= 4 is 5.97 Å². The fraction of sp³-hybridized carbons (Fsp3) is 0.235. The van der Waals surface area contributed by atoms with Crippen molar-refractivity contribution in [1.82, 2.24) is 0 Å². The second-order valence-electron chi connectivity index (χ2n) is 4.79. The van der Waals surface area contributed by atoms with Crippen LogP contribution in [0.2, 0.25) is 0 Å². The van der Waals surface area contributed by atoms with Crippen LogP contribution >= 0.6 is 0 Å². The predicted octanol–water partition coefficient (Wildman–Crippen LogP) is 3.81. The van der Waals surface area contributed by atoms with Crippen molar-refractivity contribution < 1.29 is 19.0 Å². The van der Waals surface area contributed by atoms with Crippen LogP contribution in [0, 0.1) is 5.82 Å². The first-order valence-electron chi connectivity index (χ1n) is 6.82. The minimum absolute atomic E-state index is 0.0911. The summed E-state index contributed by atoms with van der Waals surface area (Å²) >= 11 is 0. The molecule has 0 unspecified atom stereocenters. The van der Waals surface area contributed by atoms with E-state index in [1.807, 2.05) is 30.3 Å². The Hall–Kier alpha value is -2.36. The molecular formula is C17H17FO3. The zero-order valence-electron chi connectivity index (χ0n) is 11.6. The van der Waals surface area contributed by atoms with E-state index >= 15 is 0 Å². The second kappa shape index (κ2) is 7.43. The van der Waals surface area contributed by atoms with Gasteiger partial charge in [-0.25, -0.2) is 4.39 Å². The van der Waals surface area contributed by atoms with Gasteiger partial charge in [0.2, 0.25) is 0 Å². The fourth-order valence-corrected chi connectivity index (χ4v) is 2.00. The van der Waals surface area contributed by atoms with Crippen molar-refractivity contribution in [2.24, 2.45) is 0 Å². The van der Waals surface area contributed by atoms with Gasteiger partial charge in [-0.2, -0.15) is 0 Å². The van der Waals surface area contributed by atoms with Gasteiger partial charge >= 0.3 is 5.97 Å². The molecule has 4 heteroatoms. The van der Waals surface area contributed by atoms with E-state index in [1.165, 1.54) is 6.07 Å². The maximum Gasteiger partial charge on any atom is 0.303 e. The molecule has 0 aliphatic carbocycles. The number of hydrogen-bond acceptors (Lipinski definition) is 2. The van der Waals surface area contributed by atoms with Gasteiger partial charge in [0.25, 0.3) is 0 Å². The minimum Gasteiger partial charge on any atom is -0.486 e. The van der Waals surface area contributed by atoms with Crippen LogP contribution in [-0.2, 0) is 17.8 Å². The first-order valence-corrected chi connectivity index (χ1v) is 6.82. The third-order valence-corrected chi connectivity index (χ3v) is 3.09. The molecular weight excluding hydrogens is 271 g/mol. The average molecular weight is 288 g/mol. The summed E-state index contributed by atoms with van der Waals surface area (Å²) < 4.78 is 19.3. The van der Waals surface area contributed by atoms with Gasteiger partial charge in [0.05, 0.1) is 0 Å². The predicted molar refractivity (Wildman–Crippen MR) is 77.7 cm³/mol. The Morgan fingerprint density at radius 1 is 1.10 bits per heavy atom. The Labute approximate surface area is 123 Å². The highest BCUT2D eigenvalue weighted by Gasteiger charge is 2.06. The number of aryl methyl sites for hydroxylation is 1. The van der Waals surface area contributed by atoms with Crippen LogP contribution in [-0.4, -0.2) is 11.1 Å². The molecule has 0 atom stereocenters. The van der Waals surface area contributed by atoms with E-state index in [4.69, 9.17) is 9.84 Å². The van der Waals surface area contributed by atoms with Crippen molar-refractivity contribution in [3.63, 3.8) is 0 Å². The molecule has 21 heavy (non-hydrogen) atoms. The van der Waals surface area contributed by atoms with Gasteiger partial charge in [-0.3, -0.25) is 4.79 Å². The molecule has 2 aromatic rings. The summed E-state index contributed by atoms with van der Waals surface area (Å²) in [6.45, 7) is 0.316. The quantitative estimate of drug-likeness (QED) is 0.842. The maximum atomic E-state index is 13.9. The summed E-state index contributed by atoms with van der Waals surface area (Å²) in [5, 5.41) is 8.57. The molecule has 0 amide bonds. The van der Waals surface area contributed by atoms with Gasteiger partial charge in [-0.15, -0.1) is 0 Å². The van der Waals surface area contributed by atoms with E-state index in [9.17, 15) is 9.18 Å². The molecule has 0 bridgehead atoms. The SMILES string of the molecule is O=C(O)CCCc1ccc(OCc2ccccc2)c(F)c1. The van der Waals surface area contributed by atoms with Gasteiger partial charge in [0.15, 0.2) is 11.6 Å². The van der Waals surface area contributed by atoms with Crippen LogP contribution in [0.3, 0.4) is 0 Å². The van der Waals surface area contributed by atoms with E-state index in [0.717, 1.165) is 11.1 Å². The lowest BCUT2D eigenvalue weighted by Gasteiger charge is -2.08. The van der Waals surface area contributed by atoms with Crippen LogP contribution in [0.5, 0.6) is 5.75 Å². The number of benzene rings is 2. The maximum absolute atomic E-state index is 13.9. The molecule has 0 aromatic heterocycles. The van der Waals surface area contributed by atoms with Crippen LogP contribution in [0.4, 0.5) is 4.39 Å². The van der Waals surface area contributed by atoms with Crippen LogP contribution in [0.15, 0.2) is 48.5 Å². The summed E-state index contributed by atoms with van der Waals surface area (Å²) in [6.07, 6.45) is 1.13. The number of carboxylic acid groups (broad SMARTS) is 1. The largest absolute Gasteiger partial charge is 0.486 e. The normalized spacial score (nSPS) is 10.3. The number of carbonyl (C=O) groups is 1. The number of hydrogen-bond donors (Lipinski definition) is 1. The summed E-state index contributed by atoms with van der Waals surface area (Å²) in [5.74, 6) is -1.04. The Kier molecular flexibility index (Phi) is 5.32. The lowest BCUT2D eigenvalue weighted by Crippen LogP contribution is -1.99. The number of rotatable bonds is 7. The number of carboxylic acids is 1. The van der Waals surface area contributed by atoms with E-state index in [1.54, 1.807) is 12.1 Å². The summed E-state index contributed by atoms with van der Waals surface area (Å²) in [4.78, 5) is 10.4. The van der Waals surface area contributed by atoms with E-state index in [2.05, 4.69) is 0 Å². The van der Waals surface area contributed by atoms with Gasteiger partial charge in [-0.05, 0) is 36.1 Å². The zero-order valence-corrected chi connectivity index (χ0v) is 11.6. The molecule has 0 aliphatic heterocycles. The summed E-state index contributed by atoms with van der Waals surface area (Å²) in [7, 11) is 0. The second-order valence-corrected chi connectivity index (χ2v) is 4.79. The van der Waals surface area contributed by atoms with Crippen molar-refractivity contribution in [3.05, 3.63) is 65.5 Å². The monoisotopic (exact) mass is 288 g/mol. The Morgan fingerprint density at radius 3 is 2.52 bits per heavy atom. The molecule has 0 heterocycles. The Morgan fingerprint density at radius 2 is 1.86 bits per heavy atom. The topological polar surface area (TPSA) is 46.5 Å². The van der Waals surface area contributed by atoms with Crippen molar-refractivity contribution in [2.45, 2.75) is 25.9 Å². The molecule has 110 valence electrons. The van der Waals surface area contributed by atoms with Crippen LogP contribution in [0.25, 0.3) is 0 Å². The molecule has 0 saturated carbocycles. The highest BCUT2D eigenvalue weighted by molar-refractivity contribution is 5.66. The molecule has 0 saturated heterocycles. The van der Waals surface area contributed by atoms with Crippen LogP contribution < -0.4 is 4.74 Å². The van der Waals surface area contributed by atoms with E-state index < -0.39 is 11.8 Å². The number of aliphatic carboxylic acids is 1. The van der Waals surface area contributed by atoms with Gasteiger partial charge < -0.3 is 9.84 Å². The minimum atomic E-state index is -0.835. The summed E-state index contributed by atoms with van der Waals surface area (Å²) in [6, 6.07) is 14.3. The van der Waals surface area contributed by atoms with Gasteiger partial charge in [0.1, 0.15) is 6.61 Å². The van der Waals surface area contributed by atoms with Gasteiger partial charge in [0, 0.05) is 6.42 Å². The molecule has 0 radical (unpaired) electrons. The average Bonchev–Trinajstić information content (AvgIpc) is 2.47. The summed E-state index contributed by atoms with van der Waals surface area (Å²) in [5.41, 5.74) is 1.75. The van der Waals surface area contributed by atoms with Gasteiger partial charge in [-0.1, -0.05) is 36.4 Å². The first kappa shape index (κ1) is 15.0. The van der Waals surface area contributed by atoms with Crippen molar-refractivity contribution in [2.75, 3.05) is 0 Å². The molecule has 0 aliphatic rings. The molecule has 0 fully saturated rings. The Bertz CT molecular complexity index is 596. The molecule has 1 N–H and O–H groups in total. The molecule has 2 aromatic carbocycles. The lowest BCUT2D eigenvalue weighted by molar-refractivity contribution is -0.137. The smallest absolute Gasteiger partial charge is 0.303 e. The number of ether oxygens (including phenoxy) is 1. The highest BCUT2D eigenvalue weighted by atomic mass is 19.1. The molecule has 0 spiro atoms. The molecule has 3 nitrogen and oxygen atoms in total. The third-order valence-electron chi connectivity index (χ3n) is 3.09. The first-order chi connectivity index (χ1) is 10.1. The zero-order chi connectivity index (χ0) is 15.1. The molecule has 2 rings (SSSR count). The highest BCUT2D eigenvalue weighted by Crippen LogP contribution is 2.20. The Balaban J connectivity index is 1.91. The third kappa shape index (κ3) is 4.91. The van der Waals surface area contributed by atoms with Crippen molar-refractivity contribution in [3.8, 4) is 5.75 Å². The lowest BCUT2D eigenvalue weighted by atomic mass is 10.1. The van der Waals surface area contributed by atoms with E-state index in [0.29, 0.717) is 19.4 Å². The van der Waals surface area contributed by atoms with E-state index in [-0.39, 0.29) is 12.2 Å². The van der Waals surface area contributed by atoms with Crippen molar-refractivity contribution in [1.29, 1.82) is 0 Å². The number of halogens is 1. The standard InChI is InChI=1S/C17H17FO3/c18-15-11-13(7-4-8-17(19)20)9-10-16(15)21-12-14-5-2-1-3-6-14/h1-3,5-6,9-11H,4,7-8,12H2,(H,19,20). The van der Waals surface area contributed by atoms with Crippen LogP contribution in [0.1, 0.15) is 24.0 Å². The fourth-order valence-electron chi connectivity index (χ4n) is 2.00.